The van der Waals surface area contributed by atoms with Gasteiger partial charge in [0.2, 0.25) is 0 Å². The van der Waals surface area contributed by atoms with Crippen LogP contribution in [-0.4, -0.2) is 27.6 Å². The number of nitrogens with zero attached hydrogens (tertiary/aromatic N) is 2. The number of pyridine rings is 1. The second-order valence-electron chi connectivity index (χ2n) is 4.07. The van der Waals surface area contributed by atoms with E-state index in [1.165, 1.54) is 6.20 Å². The maximum absolute atomic E-state index is 9.13. The van der Waals surface area contributed by atoms with Crippen LogP contribution >= 0.6 is 0 Å². The van der Waals surface area contributed by atoms with E-state index in [2.05, 4.69) is 30.7 Å². The van der Waals surface area contributed by atoms with Gasteiger partial charge in [0, 0.05) is 12.6 Å². The maximum Gasteiger partial charge on any atom is 0.133 e. The Morgan fingerprint density at radius 3 is 2.60 bits per heavy atom. The molecule has 0 saturated heterocycles. The average Bonchev–Trinajstić information content (AvgIpc) is 2.20. The summed E-state index contributed by atoms with van der Waals surface area (Å²) in [4.78, 5) is 6.57. The maximum atomic E-state index is 9.13. The lowest BCUT2D eigenvalue weighted by molar-refractivity contribution is 0.210. The third-order valence-electron chi connectivity index (χ3n) is 2.42. The highest BCUT2D eigenvalue weighted by molar-refractivity contribution is 5.17. The Kier molecular flexibility index (Phi) is 4.56. The van der Waals surface area contributed by atoms with E-state index in [9.17, 15) is 0 Å². The molecule has 0 bridgehead atoms. The molecule has 0 spiro atoms. The monoisotopic (exact) mass is 208 g/mol. The second-order valence-corrected chi connectivity index (χ2v) is 4.07. The summed E-state index contributed by atoms with van der Waals surface area (Å²) in [5.74, 6) is 0.227. The van der Waals surface area contributed by atoms with Gasteiger partial charge in [0.15, 0.2) is 0 Å². The molecule has 0 unspecified atom stereocenters. The van der Waals surface area contributed by atoms with E-state index in [-0.39, 0.29) is 5.75 Å². The third-order valence-corrected chi connectivity index (χ3v) is 2.42. The topological polar surface area (TPSA) is 36.4 Å². The summed E-state index contributed by atoms with van der Waals surface area (Å²) in [5, 5.41) is 9.13. The van der Waals surface area contributed by atoms with Gasteiger partial charge in [-0.1, -0.05) is 6.92 Å². The molecule has 1 N–H and O–H groups in total. The summed E-state index contributed by atoms with van der Waals surface area (Å²) in [6, 6.07) is 4.09. The van der Waals surface area contributed by atoms with Gasteiger partial charge in [-0.15, -0.1) is 0 Å². The van der Waals surface area contributed by atoms with Gasteiger partial charge in [-0.05, 0) is 38.9 Å². The fourth-order valence-electron chi connectivity index (χ4n) is 1.53. The summed E-state index contributed by atoms with van der Waals surface area (Å²) in [6.07, 6.45) is 2.65. The van der Waals surface area contributed by atoms with Gasteiger partial charge in [0.25, 0.3) is 0 Å². The van der Waals surface area contributed by atoms with E-state index in [4.69, 9.17) is 5.11 Å². The van der Waals surface area contributed by atoms with Crippen LogP contribution < -0.4 is 0 Å². The van der Waals surface area contributed by atoms with Crippen LogP contribution in [0.1, 0.15) is 32.9 Å². The molecule has 84 valence electrons. The summed E-state index contributed by atoms with van der Waals surface area (Å²) in [6.45, 7) is 8.50. The molecule has 0 radical (unpaired) electrons. The summed E-state index contributed by atoms with van der Waals surface area (Å²) in [7, 11) is 0. The molecule has 0 saturated carbocycles. The second kappa shape index (κ2) is 5.71. The van der Waals surface area contributed by atoms with E-state index in [1.807, 2.05) is 6.07 Å². The lowest BCUT2D eigenvalue weighted by Gasteiger charge is -2.25. The smallest absolute Gasteiger partial charge is 0.133 e. The fourth-order valence-corrected chi connectivity index (χ4v) is 1.53. The molecule has 0 atom stereocenters. The lowest BCUT2D eigenvalue weighted by Crippen LogP contribution is -2.31. The van der Waals surface area contributed by atoms with Crippen molar-refractivity contribution in [3.8, 4) is 5.75 Å². The molecule has 0 aliphatic heterocycles. The molecule has 15 heavy (non-hydrogen) atoms. The van der Waals surface area contributed by atoms with Crippen molar-refractivity contribution in [2.24, 2.45) is 0 Å². The van der Waals surface area contributed by atoms with Gasteiger partial charge in [0.05, 0.1) is 11.9 Å². The number of aromatic nitrogens is 1. The minimum atomic E-state index is 0.227. The highest BCUT2D eigenvalue weighted by Gasteiger charge is 2.09. The van der Waals surface area contributed by atoms with Crippen LogP contribution in [0.2, 0.25) is 0 Å². The Labute approximate surface area is 91.8 Å². The quantitative estimate of drug-likeness (QED) is 0.807. The van der Waals surface area contributed by atoms with Crippen LogP contribution in [0.15, 0.2) is 18.3 Å². The van der Waals surface area contributed by atoms with Gasteiger partial charge in [-0.25, -0.2) is 0 Å². The number of aromatic hydroxyl groups is 1. The van der Waals surface area contributed by atoms with Crippen molar-refractivity contribution in [2.75, 3.05) is 6.54 Å². The van der Waals surface area contributed by atoms with Crippen molar-refractivity contribution in [3.63, 3.8) is 0 Å². The zero-order chi connectivity index (χ0) is 11.3. The number of rotatable bonds is 5. The molecule has 0 aromatic carbocycles. The van der Waals surface area contributed by atoms with Gasteiger partial charge in [0.1, 0.15) is 5.75 Å². The first-order valence-corrected chi connectivity index (χ1v) is 5.51. The fraction of sp³-hybridized carbons (Fsp3) is 0.583. The number of hydrogen-bond acceptors (Lipinski definition) is 3. The molecule has 0 aliphatic carbocycles. The normalized spacial score (nSPS) is 11.3. The SMILES string of the molecule is CCCN(Cc1ccc(O)cn1)C(C)C. The van der Waals surface area contributed by atoms with Gasteiger partial charge >= 0.3 is 0 Å². The van der Waals surface area contributed by atoms with Crippen molar-refractivity contribution in [1.29, 1.82) is 0 Å². The summed E-state index contributed by atoms with van der Waals surface area (Å²) < 4.78 is 0. The van der Waals surface area contributed by atoms with Crippen molar-refractivity contribution in [2.45, 2.75) is 39.8 Å². The lowest BCUT2D eigenvalue weighted by atomic mass is 10.2. The predicted molar refractivity (Wildman–Crippen MR) is 61.7 cm³/mol. The van der Waals surface area contributed by atoms with Crippen LogP contribution in [-0.2, 0) is 6.54 Å². The molecule has 1 aromatic rings. The third kappa shape index (κ3) is 3.88. The molecular weight excluding hydrogens is 188 g/mol. The van der Waals surface area contributed by atoms with E-state index in [1.54, 1.807) is 6.07 Å². The van der Waals surface area contributed by atoms with Crippen LogP contribution in [0.4, 0.5) is 0 Å². The van der Waals surface area contributed by atoms with Gasteiger partial charge < -0.3 is 5.11 Å². The summed E-state index contributed by atoms with van der Waals surface area (Å²) >= 11 is 0. The van der Waals surface area contributed by atoms with Crippen LogP contribution in [0, 0.1) is 0 Å². The number of hydrogen-bond donors (Lipinski definition) is 1. The Morgan fingerprint density at radius 1 is 1.40 bits per heavy atom. The van der Waals surface area contributed by atoms with E-state index in [0.717, 1.165) is 25.2 Å². The van der Waals surface area contributed by atoms with Crippen molar-refractivity contribution >= 4 is 0 Å². The highest BCUT2D eigenvalue weighted by Crippen LogP contribution is 2.10. The van der Waals surface area contributed by atoms with Crippen LogP contribution in [0.3, 0.4) is 0 Å². The molecule has 1 heterocycles. The molecule has 0 aliphatic rings. The highest BCUT2D eigenvalue weighted by atomic mass is 16.3. The minimum Gasteiger partial charge on any atom is -0.506 e. The standard InChI is InChI=1S/C12H20N2O/c1-4-7-14(10(2)3)9-11-5-6-12(15)8-13-11/h5-6,8,10,15H,4,7,9H2,1-3H3. The van der Waals surface area contributed by atoms with E-state index in [0.29, 0.717) is 6.04 Å². The summed E-state index contributed by atoms with van der Waals surface area (Å²) in [5.41, 5.74) is 1.01. The minimum absolute atomic E-state index is 0.227. The van der Waals surface area contributed by atoms with Crippen molar-refractivity contribution in [1.82, 2.24) is 9.88 Å². The molecule has 3 heteroatoms. The van der Waals surface area contributed by atoms with Gasteiger partial charge in [-0.2, -0.15) is 0 Å². The van der Waals surface area contributed by atoms with Crippen LogP contribution in [0.5, 0.6) is 5.75 Å². The predicted octanol–water partition coefficient (Wildman–Crippen LogP) is 2.41. The zero-order valence-corrected chi connectivity index (χ0v) is 9.77. The molecule has 3 nitrogen and oxygen atoms in total. The van der Waals surface area contributed by atoms with Gasteiger partial charge in [-0.3, -0.25) is 9.88 Å². The van der Waals surface area contributed by atoms with E-state index >= 15 is 0 Å². The molecule has 0 fully saturated rings. The van der Waals surface area contributed by atoms with Crippen molar-refractivity contribution in [3.05, 3.63) is 24.0 Å². The first-order chi connectivity index (χ1) is 7.13. The first kappa shape index (κ1) is 12.0. The molecular formula is C12H20N2O. The molecule has 0 amide bonds. The van der Waals surface area contributed by atoms with Crippen LogP contribution in [0.25, 0.3) is 0 Å². The Hall–Kier alpha value is -1.09. The van der Waals surface area contributed by atoms with E-state index < -0.39 is 0 Å². The first-order valence-electron chi connectivity index (χ1n) is 5.51. The Balaban J connectivity index is 2.61. The largest absolute Gasteiger partial charge is 0.506 e. The Bertz CT molecular complexity index is 282. The molecule has 1 rings (SSSR count). The zero-order valence-electron chi connectivity index (χ0n) is 9.77. The van der Waals surface area contributed by atoms with Crippen molar-refractivity contribution < 1.29 is 5.11 Å². The average molecular weight is 208 g/mol. The Morgan fingerprint density at radius 2 is 2.13 bits per heavy atom. The molecule has 1 aromatic heterocycles.